The molecule has 6 nitrogen and oxygen atoms in total. The molecule has 0 aliphatic rings. The summed E-state index contributed by atoms with van der Waals surface area (Å²) in [6, 6.07) is 16.0. The molecule has 32 heavy (non-hydrogen) atoms. The predicted molar refractivity (Wildman–Crippen MR) is 124 cm³/mol. The van der Waals surface area contributed by atoms with Crippen molar-refractivity contribution < 1.29 is 4.39 Å². The van der Waals surface area contributed by atoms with E-state index in [-0.39, 0.29) is 17.4 Å². The molecule has 1 unspecified atom stereocenters. The molecule has 0 aliphatic heterocycles. The molecule has 4 aromatic rings. The van der Waals surface area contributed by atoms with Gasteiger partial charge in [0.2, 0.25) is 0 Å². The number of para-hydroxylation sites is 1. The molecule has 0 spiro atoms. The van der Waals surface area contributed by atoms with E-state index in [9.17, 15) is 9.18 Å². The van der Waals surface area contributed by atoms with Crippen LogP contribution in [0.3, 0.4) is 0 Å². The Balaban J connectivity index is 1.50. The van der Waals surface area contributed by atoms with Gasteiger partial charge in [0.1, 0.15) is 23.3 Å². The third-order valence-corrected chi connectivity index (χ3v) is 5.44. The highest BCUT2D eigenvalue weighted by atomic mass is 19.1. The molecule has 2 aromatic carbocycles. The van der Waals surface area contributed by atoms with Crippen molar-refractivity contribution in [2.24, 2.45) is 0 Å². The second-order valence-corrected chi connectivity index (χ2v) is 8.07. The Morgan fingerprint density at radius 1 is 1.03 bits per heavy atom. The van der Waals surface area contributed by atoms with E-state index in [2.05, 4.69) is 27.2 Å². The maximum absolute atomic E-state index is 13.1. The first-order valence-corrected chi connectivity index (χ1v) is 10.7. The second-order valence-electron chi connectivity index (χ2n) is 8.07. The number of nitrogens with one attached hydrogen (secondary N) is 1. The van der Waals surface area contributed by atoms with Crippen molar-refractivity contribution in [2.75, 3.05) is 5.32 Å². The van der Waals surface area contributed by atoms with Gasteiger partial charge >= 0.3 is 0 Å². The summed E-state index contributed by atoms with van der Waals surface area (Å²) in [6.07, 6.45) is 1.71. The smallest absolute Gasteiger partial charge is 0.261 e. The van der Waals surface area contributed by atoms with Crippen LogP contribution in [0.15, 0.2) is 59.4 Å². The topological polar surface area (TPSA) is 72.7 Å². The number of anilines is 1. The van der Waals surface area contributed by atoms with E-state index in [4.69, 9.17) is 0 Å². The van der Waals surface area contributed by atoms with Crippen LogP contribution in [0.1, 0.15) is 36.3 Å². The Hall–Kier alpha value is -3.61. The van der Waals surface area contributed by atoms with Gasteiger partial charge in [0.15, 0.2) is 0 Å². The maximum Gasteiger partial charge on any atom is 0.261 e. The SMILES string of the molecule is Cc1nc(Cn2c(C)nc3ccccc3c2=O)cc(NC(C)CCc2ccc(F)cc2)n1. The fraction of sp³-hybridized carbons (Fsp3) is 0.280. The Morgan fingerprint density at radius 2 is 1.78 bits per heavy atom. The van der Waals surface area contributed by atoms with Gasteiger partial charge in [0.05, 0.1) is 23.1 Å². The summed E-state index contributed by atoms with van der Waals surface area (Å²) in [6.45, 7) is 6.08. The fourth-order valence-corrected chi connectivity index (χ4v) is 3.77. The van der Waals surface area contributed by atoms with Crippen LogP contribution in [0.5, 0.6) is 0 Å². The molecule has 0 aliphatic carbocycles. The molecule has 0 amide bonds. The van der Waals surface area contributed by atoms with E-state index in [0.717, 1.165) is 29.9 Å². The van der Waals surface area contributed by atoms with Crippen LogP contribution in [0.25, 0.3) is 10.9 Å². The van der Waals surface area contributed by atoms with Crippen LogP contribution >= 0.6 is 0 Å². The standard InChI is InChI=1S/C25H26FN5O/c1-16(8-9-19-10-12-20(26)13-11-19)27-24-14-21(28-17(2)29-24)15-31-18(3)30-23-7-5-4-6-22(23)25(31)32/h4-7,10-14,16H,8-9,15H2,1-3H3,(H,27,28,29). The van der Waals surface area contributed by atoms with Gasteiger partial charge in [-0.1, -0.05) is 24.3 Å². The first-order chi connectivity index (χ1) is 15.4. The van der Waals surface area contributed by atoms with E-state index in [0.29, 0.717) is 29.1 Å². The molecular formula is C25H26FN5O. The van der Waals surface area contributed by atoms with Gasteiger partial charge in [0.25, 0.3) is 5.56 Å². The molecule has 1 atom stereocenters. The summed E-state index contributed by atoms with van der Waals surface area (Å²) in [4.78, 5) is 26.6. The van der Waals surface area contributed by atoms with Crippen molar-refractivity contribution in [3.8, 4) is 0 Å². The lowest BCUT2D eigenvalue weighted by molar-refractivity contribution is 0.626. The number of aromatic nitrogens is 4. The first kappa shape index (κ1) is 21.6. The highest BCUT2D eigenvalue weighted by Crippen LogP contribution is 2.14. The molecule has 2 aromatic heterocycles. The molecule has 0 bridgehead atoms. The van der Waals surface area contributed by atoms with Gasteiger partial charge in [-0.15, -0.1) is 0 Å². The van der Waals surface area contributed by atoms with Crippen LogP contribution in [0.2, 0.25) is 0 Å². The zero-order valence-electron chi connectivity index (χ0n) is 18.5. The van der Waals surface area contributed by atoms with Crippen LogP contribution in [-0.4, -0.2) is 25.6 Å². The van der Waals surface area contributed by atoms with Crippen LogP contribution < -0.4 is 10.9 Å². The van der Waals surface area contributed by atoms with Gasteiger partial charge in [-0.05, 0) is 63.4 Å². The van der Waals surface area contributed by atoms with Crippen molar-refractivity contribution in [3.63, 3.8) is 0 Å². The van der Waals surface area contributed by atoms with Crippen LogP contribution in [0.4, 0.5) is 10.2 Å². The van der Waals surface area contributed by atoms with E-state index < -0.39 is 0 Å². The van der Waals surface area contributed by atoms with Gasteiger partial charge in [-0.25, -0.2) is 19.3 Å². The molecule has 0 fully saturated rings. The normalized spacial score (nSPS) is 12.1. The Bertz CT molecular complexity index is 1300. The monoisotopic (exact) mass is 431 g/mol. The molecule has 2 heterocycles. The maximum atomic E-state index is 13.1. The van der Waals surface area contributed by atoms with Crippen LogP contribution in [-0.2, 0) is 13.0 Å². The number of nitrogens with zero attached hydrogens (tertiary/aromatic N) is 4. The lowest BCUT2D eigenvalue weighted by atomic mass is 10.1. The lowest BCUT2D eigenvalue weighted by Crippen LogP contribution is -2.25. The average Bonchev–Trinajstić information content (AvgIpc) is 2.76. The number of hydrogen-bond acceptors (Lipinski definition) is 5. The molecule has 4 rings (SSSR count). The van der Waals surface area contributed by atoms with Crippen molar-refractivity contribution in [1.82, 2.24) is 19.5 Å². The summed E-state index contributed by atoms with van der Waals surface area (Å²) in [5, 5.41) is 4.02. The number of benzene rings is 2. The van der Waals surface area contributed by atoms with E-state index in [1.54, 1.807) is 10.6 Å². The minimum atomic E-state index is -0.222. The van der Waals surface area contributed by atoms with E-state index >= 15 is 0 Å². The minimum Gasteiger partial charge on any atom is -0.367 e. The molecule has 0 saturated carbocycles. The van der Waals surface area contributed by atoms with Gasteiger partial charge in [0, 0.05) is 12.1 Å². The third-order valence-electron chi connectivity index (χ3n) is 5.44. The van der Waals surface area contributed by atoms with Crippen molar-refractivity contribution in [2.45, 2.75) is 46.2 Å². The predicted octanol–water partition coefficient (Wildman–Crippen LogP) is 4.42. The molecule has 164 valence electrons. The van der Waals surface area contributed by atoms with Gasteiger partial charge < -0.3 is 5.32 Å². The van der Waals surface area contributed by atoms with Crippen molar-refractivity contribution in [1.29, 1.82) is 0 Å². The highest BCUT2D eigenvalue weighted by molar-refractivity contribution is 5.77. The number of halogens is 1. The molecule has 7 heteroatoms. The summed E-state index contributed by atoms with van der Waals surface area (Å²) >= 11 is 0. The zero-order chi connectivity index (χ0) is 22.7. The molecule has 1 N–H and O–H groups in total. The first-order valence-electron chi connectivity index (χ1n) is 10.7. The number of fused-ring (bicyclic) bond motifs is 1. The Labute approximate surface area is 186 Å². The van der Waals surface area contributed by atoms with Gasteiger partial charge in [-0.3, -0.25) is 9.36 Å². The second kappa shape index (κ2) is 9.26. The van der Waals surface area contributed by atoms with Crippen molar-refractivity contribution >= 4 is 16.7 Å². The summed E-state index contributed by atoms with van der Waals surface area (Å²) in [7, 11) is 0. The number of rotatable bonds is 7. The molecule has 0 saturated heterocycles. The number of hydrogen-bond donors (Lipinski definition) is 1. The van der Waals surface area contributed by atoms with Gasteiger partial charge in [-0.2, -0.15) is 0 Å². The Morgan fingerprint density at radius 3 is 2.56 bits per heavy atom. The summed E-state index contributed by atoms with van der Waals surface area (Å²) < 4.78 is 14.7. The van der Waals surface area contributed by atoms with Crippen LogP contribution in [0, 0.1) is 19.7 Å². The molecular weight excluding hydrogens is 405 g/mol. The Kier molecular flexibility index (Phi) is 6.25. The quantitative estimate of drug-likeness (QED) is 0.469. The zero-order valence-corrected chi connectivity index (χ0v) is 18.5. The van der Waals surface area contributed by atoms with E-state index in [1.807, 2.05) is 50.2 Å². The average molecular weight is 432 g/mol. The minimum absolute atomic E-state index is 0.0773. The summed E-state index contributed by atoms with van der Waals surface area (Å²) in [5.74, 6) is 1.78. The fourth-order valence-electron chi connectivity index (χ4n) is 3.77. The van der Waals surface area contributed by atoms with E-state index in [1.165, 1.54) is 12.1 Å². The third kappa shape index (κ3) is 4.99. The number of aryl methyl sites for hydroxylation is 3. The van der Waals surface area contributed by atoms with Crippen molar-refractivity contribution in [3.05, 3.63) is 93.7 Å². The largest absolute Gasteiger partial charge is 0.367 e. The highest BCUT2D eigenvalue weighted by Gasteiger charge is 2.11. The summed E-state index contributed by atoms with van der Waals surface area (Å²) in [5.41, 5.74) is 2.46. The molecule has 0 radical (unpaired) electrons. The lowest BCUT2D eigenvalue weighted by Gasteiger charge is -2.16.